The third-order valence-corrected chi connectivity index (χ3v) is 7.22. The molecule has 0 amide bonds. The van der Waals surface area contributed by atoms with Gasteiger partial charge in [0.05, 0.1) is 6.61 Å². The summed E-state index contributed by atoms with van der Waals surface area (Å²) in [6, 6.07) is 18.0. The molecular weight excluding hydrogens is 356 g/mol. The Labute approximate surface area is 160 Å². The maximum atomic E-state index is 5.93. The van der Waals surface area contributed by atoms with Crippen LogP contribution in [0.4, 0.5) is 0 Å². The monoisotopic (exact) mass is 376 g/mol. The lowest BCUT2D eigenvalue weighted by molar-refractivity contribution is 0.310. The average molecular weight is 377 g/mol. The van der Waals surface area contributed by atoms with Gasteiger partial charge in [-0.3, -0.25) is 0 Å². The predicted octanol–water partition coefficient (Wildman–Crippen LogP) is 7.91. The van der Waals surface area contributed by atoms with Crippen LogP contribution in [0.1, 0.15) is 25.3 Å². The zero-order valence-electron chi connectivity index (χ0n) is 15.0. The Bertz CT molecular complexity index is 1260. The lowest BCUT2D eigenvalue weighted by atomic mass is 10.1. The molecule has 5 rings (SSSR count). The highest BCUT2D eigenvalue weighted by molar-refractivity contribution is 7.27. The van der Waals surface area contributed by atoms with Gasteiger partial charge in [0, 0.05) is 40.3 Å². The quantitative estimate of drug-likeness (QED) is 0.290. The summed E-state index contributed by atoms with van der Waals surface area (Å²) >= 11 is 3.77. The van der Waals surface area contributed by atoms with Gasteiger partial charge in [0.25, 0.3) is 0 Å². The fourth-order valence-corrected chi connectivity index (χ4v) is 5.78. The van der Waals surface area contributed by atoms with Crippen molar-refractivity contribution < 1.29 is 4.74 Å². The van der Waals surface area contributed by atoms with Crippen molar-refractivity contribution in [1.82, 2.24) is 0 Å². The molecule has 2 aromatic heterocycles. The van der Waals surface area contributed by atoms with Crippen LogP contribution >= 0.6 is 22.7 Å². The van der Waals surface area contributed by atoms with Crippen molar-refractivity contribution in [2.75, 3.05) is 6.61 Å². The molecule has 2 heterocycles. The lowest BCUT2D eigenvalue weighted by Crippen LogP contribution is -1.95. The van der Waals surface area contributed by atoms with Crippen LogP contribution < -0.4 is 4.74 Å². The number of hydrogen-bond donors (Lipinski definition) is 0. The minimum atomic E-state index is 0.796. The molecule has 0 aliphatic heterocycles. The predicted molar refractivity (Wildman–Crippen MR) is 117 cm³/mol. The van der Waals surface area contributed by atoms with Crippen molar-refractivity contribution in [2.45, 2.75) is 26.7 Å². The van der Waals surface area contributed by atoms with Gasteiger partial charge in [-0.25, -0.2) is 0 Å². The van der Waals surface area contributed by atoms with Gasteiger partial charge in [0.2, 0.25) is 0 Å². The van der Waals surface area contributed by atoms with Crippen LogP contribution in [-0.4, -0.2) is 6.61 Å². The Hall–Kier alpha value is -2.10. The van der Waals surface area contributed by atoms with E-state index in [0.717, 1.165) is 25.2 Å². The smallest absolute Gasteiger partial charge is 0.120 e. The summed E-state index contributed by atoms with van der Waals surface area (Å²) in [6.07, 6.45) is 2.26. The number of unbranched alkanes of at least 4 members (excludes halogenated alkanes) is 1. The molecule has 130 valence electrons. The molecule has 1 nitrogen and oxygen atoms in total. The second-order valence-corrected chi connectivity index (χ2v) is 9.08. The Morgan fingerprint density at radius 2 is 1.35 bits per heavy atom. The fourth-order valence-electron chi connectivity index (χ4n) is 3.56. The van der Waals surface area contributed by atoms with Crippen LogP contribution in [0.15, 0.2) is 48.5 Å². The zero-order chi connectivity index (χ0) is 17.7. The largest absolute Gasteiger partial charge is 0.494 e. The van der Waals surface area contributed by atoms with E-state index >= 15 is 0 Å². The van der Waals surface area contributed by atoms with E-state index in [1.807, 2.05) is 22.7 Å². The van der Waals surface area contributed by atoms with Crippen molar-refractivity contribution >= 4 is 63.0 Å². The standard InChI is InChI=1S/C23H20OS2/c1-3-4-9-24-15-6-8-21-17(11-15)19-13-22-18(12-23(19)26-21)16-10-14(2)5-7-20(16)25-22/h5-8,10-13H,3-4,9H2,1-2H3. The molecule has 0 N–H and O–H groups in total. The second kappa shape index (κ2) is 6.26. The highest BCUT2D eigenvalue weighted by Gasteiger charge is 2.11. The third kappa shape index (κ3) is 2.58. The number of ether oxygens (including phenoxy) is 1. The van der Waals surface area contributed by atoms with Gasteiger partial charge in [-0.1, -0.05) is 25.0 Å². The first-order valence-electron chi connectivity index (χ1n) is 9.15. The molecule has 0 aliphatic rings. The summed E-state index contributed by atoms with van der Waals surface area (Å²) in [6.45, 7) is 5.15. The molecule has 3 aromatic carbocycles. The number of rotatable bonds is 4. The first-order chi connectivity index (χ1) is 12.7. The molecule has 0 atom stereocenters. The number of fused-ring (bicyclic) bond motifs is 6. The summed E-state index contributed by atoms with van der Waals surface area (Å²) in [5, 5.41) is 5.43. The van der Waals surface area contributed by atoms with Crippen LogP contribution in [0.25, 0.3) is 40.3 Å². The molecule has 0 fully saturated rings. The first-order valence-corrected chi connectivity index (χ1v) is 10.8. The van der Waals surface area contributed by atoms with Gasteiger partial charge in [-0.2, -0.15) is 0 Å². The Balaban J connectivity index is 1.71. The highest BCUT2D eigenvalue weighted by Crippen LogP contribution is 2.42. The van der Waals surface area contributed by atoms with Gasteiger partial charge in [-0.05, 0) is 55.8 Å². The van der Waals surface area contributed by atoms with E-state index < -0.39 is 0 Å². The average Bonchev–Trinajstić information content (AvgIpc) is 3.17. The van der Waals surface area contributed by atoms with Crippen molar-refractivity contribution in [2.24, 2.45) is 0 Å². The maximum absolute atomic E-state index is 5.93. The van der Waals surface area contributed by atoms with Crippen molar-refractivity contribution in [3.05, 3.63) is 54.1 Å². The zero-order valence-corrected chi connectivity index (χ0v) is 16.6. The van der Waals surface area contributed by atoms with E-state index in [2.05, 4.69) is 62.4 Å². The van der Waals surface area contributed by atoms with Gasteiger partial charge in [0.1, 0.15) is 5.75 Å². The Kier molecular flexibility index (Phi) is 3.87. The minimum absolute atomic E-state index is 0.796. The first kappa shape index (κ1) is 16.1. The molecule has 0 radical (unpaired) electrons. The minimum Gasteiger partial charge on any atom is -0.494 e. The molecule has 3 heteroatoms. The summed E-state index contributed by atoms with van der Waals surface area (Å²) in [5.74, 6) is 0.984. The molecule has 0 unspecified atom stereocenters. The third-order valence-electron chi connectivity index (χ3n) is 4.95. The molecule has 0 bridgehead atoms. The van der Waals surface area contributed by atoms with Gasteiger partial charge in [-0.15, -0.1) is 22.7 Å². The summed E-state index contributed by atoms with van der Waals surface area (Å²) < 4.78 is 11.4. The summed E-state index contributed by atoms with van der Waals surface area (Å²) in [4.78, 5) is 0. The maximum Gasteiger partial charge on any atom is 0.120 e. The van der Waals surface area contributed by atoms with Crippen LogP contribution in [0.5, 0.6) is 5.75 Å². The van der Waals surface area contributed by atoms with E-state index in [1.165, 1.54) is 45.9 Å². The van der Waals surface area contributed by atoms with Crippen molar-refractivity contribution in [1.29, 1.82) is 0 Å². The van der Waals surface area contributed by atoms with E-state index in [9.17, 15) is 0 Å². The number of hydrogen-bond acceptors (Lipinski definition) is 3. The molecule has 0 saturated carbocycles. The highest BCUT2D eigenvalue weighted by atomic mass is 32.1. The van der Waals surface area contributed by atoms with E-state index in [1.54, 1.807) is 0 Å². The van der Waals surface area contributed by atoms with Crippen LogP contribution in [-0.2, 0) is 0 Å². The number of thiophene rings is 2. The van der Waals surface area contributed by atoms with Crippen molar-refractivity contribution in [3.63, 3.8) is 0 Å². The molecule has 5 aromatic rings. The molecule has 26 heavy (non-hydrogen) atoms. The van der Waals surface area contributed by atoms with Crippen LogP contribution in [0, 0.1) is 6.92 Å². The SMILES string of the molecule is CCCCOc1ccc2sc3cc4c(cc3c2c1)sc1ccc(C)cc14. The second-order valence-electron chi connectivity index (χ2n) is 6.91. The summed E-state index contributed by atoms with van der Waals surface area (Å²) in [7, 11) is 0. The van der Waals surface area contributed by atoms with Gasteiger partial charge < -0.3 is 4.74 Å². The summed E-state index contributed by atoms with van der Waals surface area (Å²) in [5.41, 5.74) is 1.32. The molecule has 0 aliphatic carbocycles. The van der Waals surface area contributed by atoms with Crippen LogP contribution in [0.3, 0.4) is 0 Å². The fraction of sp³-hybridized carbons (Fsp3) is 0.217. The topological polar surface area (TPSA) is 9.23 Å². The lowest BCUT2D eigenvalue weighted by Gasteiger charge is -2.05. The Morgan fingerprint density at radius 3 is 2.04 bits per heavy atom. The molecular formula is C23H20OS2. The molecule has 0 saturated heterocycles. The van der Waals surface area contributed by atoms with Gasteiger partial charge >= 0.3 is 0 Å². The van der Waals surface area contributed by atoms with E-state index in [-0.39, 0.29) is 0 Å². The Morgan fingerprint density at radius 1 is 0.731 bits per heavy atom. The molecule has 0 spiro atoms. The van der Waals surface area contributed by atoms with Crippen molar-refractivity contribution in [3.8, 4) is 5.75 Å². The number of benzene rings is 3. The number of aryl methyl sites for hydroxylation is 1. The van der Waals surface area contributed by atoms with E-state index in [0.29, 0.717) is 0 Å². The normalized spacial score (nSPS) is 11.9. The van der Waals surface area contributed by atoms with E-state index in [4.69, 9.17) is 4.74 Å². The van der Waals surface area contributed by atoms with Crippen LogP contribution in [0.2, 0.25) is 0 Å². The van der Waals surface area contributed by atoms with Gasteiger partial charge in [0.15, 0.2) is 0 Å².